The molecule has 0 spiro atoms. The van der Waals surface area contributed by atoms with Crippen molar-refractivity contribution in [1.29, 1.82) is 0 Å². The molecule has 1 aliphatic heterocycles. The van der Waals surface area contributed by atoms with Crippen molar-refractivity contribution in [2.24, 2.45) is 11.3 Å². The number of rotatable bonds is 5. The maximum atomic E-state index is 11.9. The lowest BCUT2D eigenvalue weighted by atomic mass is 9.97. The Labute approximate surface area is 133 Å². The Bertz CT molecular complexity index is 460. The molecule has 0 bridgehead atoms. The number of nitrogens with one attached hydrogen (secondary N) is 1. The molecule has 1 N–H and O–H groups in total. The molecular weight excluding hydrogens is 276 g/mol. The van der Waals surface area contributed by atoms with Crippen LogP contribution in [0.3, 0.4) is 0 Å². The first-order valence-corrected chi connectivity index (χ1v) is 8.17. The fourth-order valence-corrected chi connectivity index (χ4v) is 2.48. The van der Waals surface area contributed by atoms with Crippen molar-refractivity contribution in [3.05, 3.63) is 35.9 Å². The minimum atomic E-state index is -0.436. The van der Waals surface area contributed by atoms with Crippen molar-refractivity contribution in [1.82, 2.24) is 10.4 Å². The molecule has 122 valence electrons. The largest absolute Gasteiger partial charge is 0.367 e. The molecule has 4 nitrogen and oxygen atoms in total. The number of piperidine rings is 1. The van der Waals surface area contributed by atoms with Crippen molar-refractivity contribution in [3.63, 3.8) is 0 Å². The van der Waals surface area contributed by atoms with Crippen molar-refractivity contribution >= 4 is 5.97 Å². The minimum Gasteiger partial charge on any atom is -0.367 e. The first-order chi connectivity index (χ1) is 10.4. The summed E-state index contributed by atoms with van der Waals surface area (Å²) in [5.74, 6) is 0.515. The van der Waals surface area contributed by atoms with Crippen molar-refractivity contribution < 1.29 is 9.63 Å². The maximum Gasteiger partial charge on any atom is 0.330 e. The van der Waals surface area contributed by atoms with E-state index in [9.17, 15) is 4.79 Å². The summed E-state index contributed by atoms with van der Waals surface area (Å²) in [5, 5.41) is 5.35. The molecule has 0 aliphatic carbocycles. The normalized spacial score (nSPS) is 17.4. The van der Waals surface area contributed by atoms with Crippen LogP contribution in [0.25, 0.3) is 0 Å². The zero-order valence-corrected chi connectivity index (χ0v) is 14.0. The van der Waals surface area contributed by atoms with Crippen LogP contribution in [0.5, 0.6) is 0 Å². The molecule has 1 aliphatic rings. The summed E-state index contributed by atoms with van der Waals surface area (Å²) >= 11 is 0. The number of carbonyl (C=O) groups is 1. The number of carbonyl (C=O) groups excluding carboxylic acids is 1. The van der Waals surface area contributed by atoms with Gasteiger partial charge in [-0.3, -0.25) is 0 Å². The van der Waals surface area contributed by atoms with Gasteiger partial charge in [0.1, 0.15) is 0 Å². The Balaban J connectivity index is 1.64. The second-order valence-corrected chi connectivity index (χ2v) is 7.12. The van der Waals surface area contributed by atoms with Gasteiger partial charge in [0.25, 0.3) is 0 Å². The van der Waals surface area contributed by atoms with Gasteiger partial charge in [0.2, 0.25) is 0 Å². The van der Waals surface area contributed by atoms with Crippen LogP contribution in [0.4, 0.5) is 0 Å². The third-order valence-electron chi connectivity index (χ3n) is 4.00. The monoisotopic (exact) mass is 304 g/mol. The average molecular weight is 304 g/mol. The molecule has 1 aromatic rings. The van der Waals surface area contributed by atoms with E-state index in [1.165, 1.54) is 5.56 Å². The highest BCUT2D eigenvalue weighted by Crippen LogP contribution is 2.20. The van der Waals surface area contributed by atoms with Crippen molar-refractivity contribution in [2.75, 3.05) is 19.6 Å². The van der Waals surface area contributed by atoms with Gasteiger partial charge in [0.05, 0.1) is 5.41 Å². The number of nitrogens with zero attached hydrogens (tertiary/aromatic N) is 1. The van der Waals surface area contributed by atoms with Gasteiger partial charge in [0, 0.05) is 19.6 Å². The second kappa shape index (κ2) is 7.75. The highest BCUT2D eigenvalue weighted by atomic mass is 16.7. The van der Waals surface area contributed by atoms with Gasteiger partial charge in [-0.1, -0.05) is 30.3 Å². The highest BCUT2D eigenvalue weighted by molar-refractivity contribution is 5.75. The van der Waals surface area contributed by atoms with E-state index in [1.54, 1.807) is 0 Å². The van der Waals surface area contributed by atoms with Gasteiger partial charge in [-0.05, 0) is 51.6 Å². The molecule has 1 saturated heterocycles. The van der Waals surface area contributed by atoms with E-state index < -0.39 is 5.41 Å². The van der Waals surface area contributed by atoms with E-state index in [-0.39, 0.29) is 5.97 Å². The second-order valence-electron chi connectivity index (χ2n) is 7.12. The lowest BCUT2D eigenvalue weighted by Gasteiger charge is -2.32. The summed E-state index contributed by atoms with van der Waals surface area (Å²) < 4.78 is 0. The van der Waals surface area contributed by atoms with E-state index in [2.05, 4.69) is 29.6 Å². The van der Waals surface area contributed by atoms with E-state index in [4.69, 9.17) is 4.84 Å². The predicted octanol–water partition coefficient (Wildman–Crippen LogP) is 2.99. The van der Waals surface area contributed by atoms with Crippen LogP contribution in [0.2, 0.25) is 0 Å². The molecule has 0 amide bonds. The summed E-state index contributed by atoms with van der Waals surface area (Å²) in [6.07, 6.45) is 2.14. The zero-order valence-electron chi connectivity index (χ0n) is 14.0. The van der Waals surface area contributed by atoms with Crippen LogP contribution in [-0.4, -0.2) is 30.7 Å². The smallest absolute Gasteiger partial charge is 0.330 e. The van der Waals surface area contributed by atoms with Crippen LogP contribution < -0.4 is 5.32 Å². The summed E-state index contributed by atoms with van der Waals surface area (Å²) in [6, 6.07) is 10.5. The predicted molar refractivity (Wildman–Crippen MR) is 88.0 cm³/mol. The quantitative estimate of drug-likeness (QED) is 0.908. The molecular formula is C18H28N2O2. The standard InChI is InChI=1S/C18H28N2O2/c1-18(2,3)17(21)22-20-11-9-16(10-12-20)14-19-13-15-7-5-4-6-8-15/h4-8,16,19H,9-14H2,1-3H3. The zero-order chi connectivity index (χ0) is 16.0. The number of hydrogen-bond donors (Lipinski definition) is 1. The van der Waals surface area contributed by atoms with E-state index >= 15 is 0 Å². The fraction of sp³-hybridized carbons (Fsp3) is 0.611. The Hall–Kier alpha value is -1.39. The lowest BCUT2D eigenvalue weighted by Crippen LogP contribution is -2.40. The Kier molecular flexibility index (Phi) is 5.98. The molecule has 0 aromatic heterocycles. The highest BCUT2D eigenvalue weighted by Gasteiger charge is 2.28. The summed E-state index contributed by atoms with van der Waals surface area (Å²) in [7, 11) is 0. The average Bonchev–Trinajstić information content (AvgIpc) is 2.49. The van der Waals surface area contributed by atoms with Gasteiger partial charge < -0.3 is 10.2 Å². The van der Waals surface area contributed by atoms with Crippen LogP contribution in [-0.2, 0) is 16.2 Å². The molecule has 1 fully saturated rings. The first-order valence-electron chi connectivity index (χ1n) is 8.17. The van der Waals surface area contributed by atoms with Crippen LogP contribution in [0.15, 0.2) is 30.3 Å². The molecule has 0 atom stereocenters. The molecule has 22 heavy (non-hydrogen) atoms. The molecule has 2 rings (SSSR count). The third kappa shape index (κ3) is 5.43. The van der Waals surface area contributed by atoms with E-state index in [1.807, 2.05) is 31.9 Å². The Morgan fingerprint density at radius 1 is 1.23 bits per heavy atom. The topological polar surface area (TPSA) is 41.6 Å². The van der Waals surface area contributed by atoms with Gasteiger partial charge in [-0.2, -0.15) is 0 Å². The van der Waals surface area contributed by atoms with Gasteiger partial charge in [-0.15, -0.1) is 5.06 Å². The van der Waals surface area contributed by atoms with E-state index in [0.29, 0.717) is 5.92 Å². The van der Waals surface area contributed by atoms with Gasteiger partial charge in [0.15, 0.2) is 0 Å². The molecule has 1 aromatic carbocycles. The van der Waals surface area contributed by atoms with Crippen molar-refractivity contribution in [2.45, 2.75) is 40.2 Å². The fourth-order valence-electron chi connectivity index (χ4n) is 2.48. The van der Waals surface area contributed by atoms with E-state index in [0.717, 1.165) is 39.0 Å². The van der Waals surface area contributed by atoms with Gasteiger partial charge >= 0.3 is 5.97 Å². The number of benzene rings is 1. The lowest BCUT2D eigenvalue weighted by molar-refractivity contribution is -0.205. The number of hydrogen-bond acceptors (Lipinski definition) is 4. The molecule has 0 unspecified atom stereocenters. The maximum absolute atomic E-state index is 11.9. The Morgan fingerprint density at radius 2 is 1.86 bits per heavy atom. The van der Waals surface area contributed by atoms with Crippen LogP contribution >= 0.6 is 0 Å². The van der Waals surface area contributed by atoms with Crippen LogP contribution in [0.1, 0.15) is 39.2 Å². The number of hydroxylamine groups is 2. The summed E-state index contributed by atoms with van der Waals surface area (Å²) in [6.45, 7) is 9.26. The third-order valence-corrected chi connectivity index (χ3v) is 4.00. The SMILES string of the molecule is CC(C)(C)C(=O)ON1CCC(CNCc2ccccc2)CC1. The first kappa shape index (κ1) is 17.0. The summed E-state index contributed by atoms with van der Waals surface area (Å²) in [4.78, 5) is 17.3. The molecule has 1 heterocycles. The molecule has 4 heteroatoms. The van der Waals surface area contributed by atoms with Crippen LogP contribution in [0, 0.1) is 11.3 Å². The Morgan fingerprint density at radius 3 is 2.45 bits per heavy atom. The van der Waals surface area contributed by atoms with Gasteiger partial charge in [-0.25, -0.2) is 4.79 Å². The molecule has 0 saturated carbocycles. The van der Waals surface area contributed by atoms with Crippen molar-refractivity contribution in [3.8, 4) is 0 Å². The summed E-state index contributed by atoms with van der Waals surface area (Å²) in [5.41, 5.74) is 0.882. The minimum absolute atomic E-state index is 0.145. The molecule has 0 radical (unpaired) electrons.